The van der Waals surface area contributed by atoms with Crippen LogP contribution in [0.4, 0.5) is 4.39 Å². The number of hydrogen-bond donors (Lipinski definition) is 0. The van der Waals surface area contributed by atoms with Gasteiger partial charge >= 0.3 is 0 Å². The lowest BCUT2D eigenvalue weighted by atomic mass is 9.91. The molecule has 0 N–H and O–H groups in total. The number of halogens is 1. The average Bonchev–Trinajstić information content (AvgIpc) is 2.49. The van der Waals surface area contributed by atoms with Crippen LogP contribution in [0.25, 0.3) is 11.1 Å². The normalized spacial score (nSPS) is 10.8. The zero-order chi connectivity index (χ0) is 16.4. The Morgan fingerprint density at radius 3 is 2.05 bits per heavy atom. The third kappa shape index (κ3) is 2.50. The van der Waals surface area contributed by atoms with Crippen LogP contribution in [0.15, 0.2) is 29.1 Å². The van der Waals surface area contributed by atoms with E-state index in [4.69, 9.17) is 0 Å². The Bertz CT molecular complexity index is 789. The fourth-order valence-electron chi connectivity index (χ4n) is 2.71. The molecular weight excluding hydrogens is 285 g/mol. The molecule has 0 unspecified atom stereocenters. The Kier molecular flexibility index (Phi) is 4.35. The number of nitrogens with zero attached hydrogens (tertiary/aromatic N) is 1. The maximum Gasteiger partial charge on any atom is 0.261 e. The van der Waals surface area contributed by atoms with Crippen molar-refractivity contribution in [1.82, 2.24) is 4.57 Å². The minimum atomic E-state index is -0.469. The van der Waals surface area contributed by atoms with E-state index in [1.165, 1.54) is 35.9 Å². The van der Waals surface area contributed by atoms with E-state index in [-0.39, 0.29) is 22.6 Å². The quantitative estimate of drug-likeness (QED) is 0.816. The van der Waals surface area contributed by atoms with Crippen molar-refractivity contribution >= 4 is 12.6 Å². The van der Waals surface area contributed by atoms with E-state index in [1.807, 2.05) is 13.8 Å². The van der Waals surface area contributed by atoms with Gasteiger partial charge in [0.15, 0.2) is 12.6 Å². The van der Waals surface area contributed by atoms with Crippen molar-refractivity contribution in [2.45, 2.75) is 19.8 Å². The van der Waals surface area contributed by atoms with Gasteiger partial charge in [-0.15, -0.1) is 0 Å². The fourth-order valence-corrected chi connectivity index (χ4v) is 2.71. The van der Waals surface area contributed by atoms with Gasteiger partial charge in [0.25, 0.3) is 5.56 Å². The SMILES string of the molecule is CC(C)c1c(C=O)c(-c2ccc(F)cc2)c(C=O)c(=O)n1C. The van der Waals surface area contributed by atoms with E-state index in [0.717, 1.165) is 0 Å². The van der Waals surface area contributed by atoms with E-state index < -0.39 is 11.4 Å². The van der Waals surface area contributed by atoms with Crippen LogP contribution < -0.4 is 5.56 Å². The predicted octanol–water partition coefficient (Wildman–Crippen LogP) is 2.94. The van der Waals surface area contributed by atoms with Gasteiger partial charge in [0.05, 0.1) is 5.56 Å². The zero-order valence-corrected chi connectivity index (χ0v) is 12.6. The molecule has 4 nitrogen and oxygen atoms in total. The molecule has 1 aromatic carbocycles. The molecule has 0 aliphatic carbocycles. The van der Waals surface area contributed by atoms with Gasteiger partial charge in [0, 0.05) is 23.9 Å². The van der Waals surface area contributed by atoms with Crippen LogP contribution in [-0.4, -0.2) is 17.1 Å². The highest BCUT2D eigenvalue weighted by atomic mass is 19.1. The first-order chi connectivity index (χ1) is 10.4. The maximum absolute atomic E-state index is 13.1. The summed E-state index contributed by atoms with van der Waals surface area (Å²) in [6.07, 6.45) is 1.08. The summed E-state index contributed by atoms with van der Waals surface area (Å²) in [7, 11) is 1.53. The van der Waals surface area contributed by atoms with Crippen molar-refractivity contribution in [2.24, 2.45) is 7.05 Å². The van der Waals surface area contributed by atoms with Crippen LogP contribution >= 0.6 is 0 Å². The van der Waals surface area contributed by atoms with Gasteiger partial charge < -0.3 is 4.57 Å². The second kappa shape index (κ2) is 6.05. The highest BCUT2D eigenvalue weighted by Gasteiger charge is 2.22. The summed E-state index contributed by atoms with van der Waals surface area (Å²) in [6.45, 7) is 3.72. The molecule has 0 atom stereocenters. The number of carbonyl (C=O) groups is 2. The molecule has 0 radical (unpaired) electrons. The summed E-state index contributed by atoms with van der Waals surface area (Å²) in [5.74, 6) is -0.519. The van der Waals surface area contributed by atoms with Crippen LogP contribution in [0, 0.1) is 5.82 Å². The van der Waals surface area contributed by atoms with E-state index in [0.29, 0.717) is 23.8 Å². The number of rotatable bonds is 4. The largest absolute Gasteiger partial charge is 0.314 e. The lowest BCUT2D eigenvalue weighted by Gasteiger charge is -2.19. The minimum Gasteiger partial charge on any atom is -0.314 e. The Hall–Kier alpha value is -2.56. The lowest BCUT2D eigenvalue weighted by molar-refractivity contribution is 0.112. The third-order valence-electron chi connectivity index (χ3n) is 3.63. The predicted molar refractivity (Wildman–Crippen MR) is 81.9 cm³/mol. The first-order valence-electron chi connectivity index (χ1n) is 6.85. The van der Waals surface area contributed by atoms with E-state index in [2.05, 4.69) is 0 Å². The van der Waals surface area contributed by atoms with Gasteiger partial charge in [0.2, 0.25) is 0 Å². The molecule has 2 aromatic rings. The summed E-state index contributed by atoms with van der Waals surface area (Å²) in [5.41, 5.74) is 0.988. The molecule has 0 saturated carbocycles. The first kappa shape index (κ1) is 15.8. The summed E-state index contributed by atoms with van der Waals surface area (Å²) in [6, 6.07) is 5.36. The van der Waals surface area contributed by atoms with Crippen molar-refractivity contribution in [2.75, 3.05) is 0 Å². The van der Waals surface area contributed by atoms with E-state index in [9.17, 15) is 18.8 Å². The molecule has 114 valence electrons. The first-order valence-corrected chi connectivity index (χ1v) is 6.85. The number of aromatic nitrogens is 1. The molecule has 1 heterocycles. The fraction of sp³-hybridized carbons (Fsp3) is 0.235. The number of benzene rings is 1. The van der Waals surface area contributed by atoms with Crippen molar-refractivity contribution < 1.29 is 14.0 Å². The number of carbonyl (C=O) groups excluding carboxylic acids is 2. The van der Waals surface area contributed by atoms with Crippen LogP contribution in [-0.2, 0) is 7.05 Å². The molecule has 5 heteroatoms. The molecule has 2 rings (SSSR count). The highest BCUT2D eigenvalue weighted by Crippen LogP contribution is 2.29. The lowest BCUT2D eigenvalue weighted by Crippen LogP contribution is -2.28. The molecular formula is C17H16FNO3. The van der Waals surface area contributed by atoms with Gasteiger partial charge in [0.1, 0.15) is 5.82 Å². The minimum absolute atomic E-state index is 0.0854. The number of pyridine rings is 1. The molecule has 0 amide bonds. The zero-order valence-electron chi connectivity index (χ0n) is 12.6. The third-order valence-corrected chi connectivity index (χ3v) is 3.63. The van der Waals surface area contributed by atoms with Crippen molar-refractivity contribution in [3.05, 3.63) is 57.3 Å². The topological polar surface area (TPSA) is 56.1 Å². The summed E-state index contributed by atoms with van der Waals surface area (Å²) < 4.78 is 14.4. The molecule has 1 aromatic heterocycles. The molecule has 0 bridgehead atoms. The summed E-state index contributed by atoms with van der Waals surface area (Å²) in [4.78, 5) is 35.4. The smallest absolute Gasteiger partial charge is 0.261 e. The Labute approximate surface area is 127 Å². The Morgan fingerprint density at radius 2 is 1.59 bits per heavy atom. The van der Waals surface area contributed by atoms with Crippen molar-refractivity contribution in [3.8, 4) is 11.1 Å². The van der Waals surface area contributed by atoms with Gasteiger partial charge in [-0.3, -0.25) is 14.4 Å². The molecule has 0 saturated heterocycles. The van der Waals surface area contributed by atoms with Gasteiger partial charge in [-0.05, 0) is 23.6 Å². The molecule has 0 aliphatic heterocycles. The standard InChI is InChI=1S/C17H16FNO3/c1-10(2)16-13(8-20)15(11-4-6-12(18)7-5-11)14(9-21)17(22)19(16)3/h4-10H,1-3H3. The van der Waals surface area contributed by atoms with Crippen LogP contribution in [0.2, 0.25) is 0 Å². The number of aldehydes is 2. The Balaban J connectivity index is 2.98. The highest BCUT2D eigenvalue weighted by molar-refractivity contribution is 5.97. The molecule has 0 spiro atoms. The van der Waals surface area contributed by atoms with Crippen molar-refractivity contribution in [3.63, 3.8) is 0 Å². The molecule has 22 heavy (non-hydrogen) atoms. The van der Waals surface area contributed by atoms with Gasteiger partial charge in [-0.2, -0.15) is 0 Å². The van der Waals surface area contributed by atoms with Gasteiger partial charge in [-0.1, -0.05) is 26.0 Å². The van der Waals surface area contributed by atoms with Gasteiger partial charge in [-0.25, -0.2) is 4.39 Å². The van der Waals surface area contributed by atoms with Crippen molar-refractivity contribution in [1.29, 1.82) is 0 Å². The van der Waals surface area contributed by atoms with E-state index in [1.54, 1.807) is 0 Å². The van der Waals surface area contributed by atoms with Crippen LogP contribution in [0.3, 0.4) is 0 Å². The van der Waals surface area contributed by atoms with Crippen LogP contribution in [0.1, 0.15) is 46.2 Å². The van der Waals surface area contributed by atoms with E-state index >= 15 is 0 Å². The number of hydrogen-bond acceptors (Lipinski definition) is 3. The Morgan fingerprint density at radius 1 is 1.05 bits per heavy atom. The average molecular weight is 301 g/mol. The van der Waals surface area contributed by atoms with Crippen LogP contribution in [0.5, 0.6) is 0 Å². The second-order valence-electron chi connectivity index (χ2n) is 5.35. The molecule has 0 aliphatic rings. The summed E-state index contributed by atoms with van der Waals surface area (Å²) in [5, 5.41) is 0. The molecule has 0 fully saturated rings. The second-order valence-corrected chi connectivity index (χ2v) is 5.35. The summed E-state index contributed by atoms with van der Waals surface area (Å²) >= 11 is 0. The maximum atomic E-state index is 13.1. The monoisotopic (exact) mass is 301 g/mol.